The van der Waals surface area contributed by atoms with Crippen LogP contribution in [0.25, 0.3) is 0 Å². The number of benzene rings is 1. The quantitative estimate of drug-likeness (QED) is 0.189. The van der Waals surface area contributed by atoms with Crippen LogP contribution in [0.15, 0.2) is 36.4 Å². The van der Waals surface area contributed by atoms with Gasteiger partial charge in [-0.15, -0.1) is 0 Å². The van der Waals surface area contributed by atoms with Crippen LogP contribution in [0.5, 0.6) is 5.75 Å². The summed E-state index contributed by atoms with van der Waals surface area (Å²) in [5.74, 6) is -0.158. The van der Waals surface area contributed by atoms with Gasteiger partial charge in [0.15, 0.2) is 0 Å². The first kappa shape index (κ1) is 23.3. The lowest BCUT2D eigenvalue weighted by Gasteiger charge is -2.05. The minimum absolute atomic E-state index is 0.156. The van der Waals surface area contributed by atoms with Crippen molar-refractivity contribution in [3.05, 3.63) is 42.0 Å². The Morgan fingerprint density at radius 1 is 0.815 bits per heavy atom. The molecule has 1 aromatic rings. The van der Waals surface area contributed by atoms with Crippen LogP contribution < -0.4 is 0 Å². The lowest BCUT2D eigenvalue weighted by molar-refractivity contribution is 0.0497. The zero-order chi connectivity index (χ0) is 19.6. The Bertz CT molecular complexity index is 505. The largest absolute Gasteiger partial charge is 0.508 e. The van der Waals surface area contributed by atoms with Crippen LogP contribution in [0.2, 0.25) is 0 Å². The van der Waals surface area contributed by atoms with Crippen molar-refractivity contribution in [2.24, 2.45) is 0 Å². The standard InChI is InChI=1S/C24H38O3/c1-2-3-4-5-6-7-8-9-10-11-12-13-14-15-16-21-27-24(26)22-17-19-23(25)20-18-22/h9-10,17-20,25H,2-8,11-16,21H2,1H3/b10-9+. The van der Waals surface area contributed by atoms with Crippen molar-refractivity contribution in [3.63, 3.8) is 0 Å². The van der Waals surface area contributed by atoms with E-state index in [-0.39, 0.29) is 11.7 Å². The SMILES string of the molecule is CCCCCCCC/C=C/CCCCCCCOC(=O)c1ccc(O)cc1. The van der Waals surface area contributed by atoms with E-state index in [1.807, 2.05) is 0 Å². The molecule has 0 aliphatic rings. The smallest absolute Gasteiger partial charge is 0.338 e. The summed E-state index contributed by atoms with van der Waals surface area (Å²) in [6.07, 6.45) is 21.0. The van der Waals surface area contributed by atoms with E-state index in [1.165, 1.54) is 82.8 Å². The molecule has 0 radical (unpaired) electrons. The van der Waals surface area contributed by atoms with Crippen molar-refractivity contribution in [3.8, 4) is 5.75 Å². The van der Waals surface area contributed by atoms with Gasteiger partial charge in [0.1, 0.15) is 5.75 Å². The normalized spacial score (nSPS) is 11.1. The number of ether oxygens (including phenoxy) is 1. The third-order valence-electron chi connectivity index (χ3n) is 4.74. The van der Waals surface area contributed by atoms with Crippen LogP contribution in [0.4, 0.5) is 0 Å². The Morgan fingerprint density at radius 3 is 1.93 bits per heavy atom. The summed E-state index contributed by atoms with van der Waals surface area (Å²) < 4.78 is 5.25. The van der Waals surface area contributed by atoms with Crippen LogP contribution >= 0.6 is 0 Å². The second-order valence-corrected chi connectivity index (χ2v) is 7.27. The third kappa shape index (κ3) is 13.1. The Kier molecular flexibility index (Phi) is 14.1. The molecule has 3 heteroatoms. The van der Waals surface area contributed by atoms with Gasteiger partial charge in [-0.05, 0) is 56.4 Å². The average Bonchev–Trinajstić information content (AvgIpc) is 2.68. The van der Waals surface area contributed by atoms with Crippen LogP contribution in [0.1, 0.15) is 101 Å². The summed E-state index contributed by atoms with van der Waals surface area (Å²) >= 11 is 0. The number of aromatic hydroxyl groups is 1. The van der Waals surface area contributed by atoms with Crippen molar-refractivity contribution in [2.75, 3.05) is 6.61 Å². The van der Waals surface area contributed by atoms with E-state index in [2.05, 4.69) is 19.1 Å². The van der Waals surface area contributed by atoms with Crippen molar-refractivity contribution in [1.82, 2.24) is 0 Å². The molecule has 0 fully saturated rings. The molecule has 0 spiro atoms. The van der Waals surface area contributed by atoms with E-state index in [0.29, 0.717) is 12.2 Å². The minimum atomic E-state index is -0.314. The molecule has 1 N–H and O–H groups in total. The summed E-state index contributed by atoms with van der Waals surface area (Å²) in [4.78, 5) is 11.8. The summed E-state index contributed by atoms with van der Waals surface area (Å²) in [5.41, 5.74) is 0.487. The molecule has 1 rings (SSSR count). The van der Waals surface area contributed by atoms with E-state index in [1.54, 1.807) is 12.1 Å². The molecule has 3 nitrogen and oxygen atoms in total. The maximum Gasteiger partial charge on any atom is 0.338 e. The molecule has 0 unspecified atom stereocenters. The molecule has 0 aromatic heterocycles. The molecule has 0 saturated carbocycles. The molecule has 1 aromatic carbocycles. The number of unbranched alkanes of at least 4 members (excludes halogenated alkanes) is 11. The number of hydrogen-bond acceptors (Lipinski definition) is 3. The molecule has 27 heavy (non-hydrogen) atoms. The number of esters is 1. The Labute approximate surface area is 165 Å². The molecular weight excluding hydrogens is 336 g/mol. The summed E-state index contributed by atoms with van der Waals surface area (Å²) in [7, 11) is 0. The zero-order valence-corrected chi connectivity index (χ0v) is 17.1. The van der Waals surface area contributed by atoms with E-state index >= 15 is 0 Å². The first-order valence-corrected chi connectivity index (χ1v) is 10.8. The molecule has 0 atom stereocenters. The third-order valence-corrected chi connectivity index (χ3v) is 4.74. The predicted molar refractivity (Wildman–Crippen MR) is 113 cm³/mol. The fourth-order valence-electron chi connectivity index (χ4n) is 3.02. The number of rotatable bonds is 16. The maximum atomic E-state index is 11.8. The topological polar surface area (TPSA) is 46.5 Å². The Balaban J connectivity index is 1.85. The fraction of sp³-hybridized carbons (Fsp3) is 0.625. The van der Waals surface area contributed by atoms with Crippen LogP contribution in [0, 0.1) is 0 Å². The first-order chi connectivity index (χ1) is 13.2. The molecule has 0 amide bonds. The minimum Gasteiger partial charge on any atom is -0.508 e. The molecule has 0 saturated heterocycles. The van der Waals surface area contributed by atoms with E-state index < -0.39 is 0 Å². The Morgan fingerprint density at radius 2 is 1.33 bits per heavy atom. The summed E-state index contributed by atoms with van der Waals surface area (Å²) in [6, 6.07) is 6.16. The summed E-state index contributed by atoms with van der Waals surface area (Å²) in [5, 5.41) is 9.21. The maximum absolute atomic E-state index is 11.8. The van der Waals surface area contributed by atoms with E-state index in [0.717, 1.165) is 12.8 Å². The van der Waals surface area contributed by atoms with Gasteiger partial charge < -0.3 is 9.84 Å². The Hall–Kier alpha value is -1.77. The van der Waals surface area contributed by atoms with Gasteiger partial charge in [0, 0.05) is 0 Å². The van der Waals surface area contributed by atoms with Gasteiger partial charge in [0.2, 0.25) is 0 Å². The van der Waals surface area contributed by atoms with Gasteiger partial charge in [0.25, 0.3) is 0 Å². The number of phenolic OH excluding ortho intramolecular Hbond substituents is 1. The van der Waals surface area contributed by atoms with Gasteiger partial charge in [-0.3, -0.25) is 0 Å². The first-order valence-electron chi connectivity index (χ1n) is 10.8. The van der Waals surface area contributed by atoms with Crippen molar-refractivity contribution in [2.45, 2.75) is 90.4 Å². The van der Waals surface area contributed by atoms with Crippen molar-refractivity contribution >= 4 is 5.97 Å². The molecule has 0 bridgehead atoms. The zero-order valence-electron chi connectivity index (χ0n) is 17.1. The number of carbonyl (C=O) groups excluding carboxylic acids is 1. The highest BCUT2D eigenvalue weighted by molar-refractivity contribution is 5.89. The molecule has 152 valence electrons. The van der Waals surface area contributed by atoms with Gasteiger partial charge >= 0.3 is 5.97 Å². The summed E-state index contributed by atoms with van der Waals surface area (Å²) in [6.45, 7) is 2.73. The van der Waals surface area contributed by atoms with E-state index in [9.17, 15) is 9.90 Å². The second-order valence-electron chi connectivity index (χ2n) is 7.27. The highest BCUT2D eigenvalue weighted by atomic mass is 16.5. The molecule has 0 heterocycles. The average molecular weight is 375 g/mol. The highest BCUT2D eigenvalue weighted by Crippen LogP contribution is 2.12. The molecule has 0 aliphatic heterocycles. The van der Waals surface area contributed by atoms with Gasteiger partial charge in [-0.1, -0.05) is 70.4 Å². The van der Waals surface area contributed by atoms with Gasteiger partial charge in [0.05, 0.1) is 12.2 Å². The van der Waals surface area contributed by atoms with Crippen LogP contribution in [0.3, 0.4) is 0 Å². The number of carbonyl (C=O) groups is 1. The lowest BCUT2D eigenvalue weighted by atomic mass is 10.1. The molecular formula is C24H38O3. The van der Waals surface area contributed by atoms with Crippen LogP contribution in [-0.2, 0) is 4.74 Å². The van der Waals surface area contributed by atoms with Crippen molar-refractivity contribution < 1.29 is 14.6 Å². The lowest BCUT2D eigenvalue weighted by Crippen LogP contribution is -2.06. The second kappa shape index (κ2) is 16.4. The fourth-order valence-corrected chi connectivity index (χ4v) is 3.02. The van der Waals surface area contributed by atoms with E-state index in [4.69, 9.17) is 4.74 Å². The van der Waals surface area contributed by atoms with Crippen LogP contribution in [-0.4, -0.2) is 17.7 Å². The molecule has 0 aliphatic carbocycles. The highest BCUT2D eigenvalue weighted by Gasteiger charge is 2.06. The number of phenols is 1. The van der Waals surface area contributed by atoms with Gasteiger partial charge in [-0.2, -0.15) is 0 Å². The monoisotopic (exact) mass is 374 g/mol. The number of allylic oxidation sites excluding steroid dienone is 2. The number of hydrogen-bond donors (Lipinski definition) is 1. The van der Waals surface area contributed by atoms with Gasteiger partial charge in [-0.25, -0.2) is 4.79 Å². The van der Waals surface area contributed by atoms with Crippen molar-refractivity contribution in [1.29, 1.82) is 0 Å². The predicted octanol–water partition coefficient (Wildman–Crippen LogP) is 7.20.